The molecule has 0 saturated heterocycles. The summed E-state index contributed by atoms with van der Waals surface area (Å²) in [5.74, 6) is 0. The van der Waals surface area contributed by atoms with Gasteiger partial charge in [0.15, 0.2) is 4.96 Å². The number of fused-ring (bicyclic) bond motifs is 1. The van der Waals surface area contributed by atoms with Crippen molar-refractivity contribution < 1.29 is 0 Å². The second-order valence-corrected chi connectivity index (χ2v) is 7.22. The van der Waals surface area contributed by atoms with E-state index in [1.54, 1.807) is 11.3 Å². The second-order valence-electron chi connectivity index (χ2n) is 5.69. The normalized spacial score (nSPS) is 11.2. The van der Waals surface area contributed by atoms with Gasteiger partial charge in [-0.25, -0.2) is 4.98 Å². The van der Waals surface area contributed by atoms with Crippen LogP contribution in [0, 0.1) is 6.92 Å². The Labute approximate surface area is 144 Å². The predicted octanol–water partition coefficient (Wildman–Crippen LogP) is 5.62. The van der Waals surface area contributed by atoms with Crippen LogP contribution >= 0.6 is 22.9 Å². The van der Waals surface area contributed by atoms with Crippen molar-refractivity contribution in [1.82, 2.24) is 9.38 Å². The molecule has 0 amide bonds. The van der Waals surface area contributed by atoms with Gasteiger partial charge in [0.25, 0.3) is 0 Å². The van der Waals surface area contributed by atoms with Gasteiger partial charge in [-0.15, -0.1) is 11.3 Å². The highest BCUT2D eigenvalue weighted by Crippen LogP contribution is 2.26. The van der Waals surface area contributed by atoms with Gasteiger partial charge in [0.05, 0.1) is 5.69 Å². The number of nitrogens with zero attached hydrogens (tertiary/aromatic N) is 2. The van der Waals surface area contributed by atoms with E-state index in [4.69, 9.17) is 16.6 Å². The minimum atomic E-state index is 0.783. The van der Waals surface area contributed by atoms with Gasteiger partial charge in [-0.05, 0) is 24.6 Å². The standard InChI is InChI=1S/C19H15ClN2S/c1-13-5-7-15(8-6-13)18-12-22-11-17(23-19(22)21-18)10-14-3-2-4-16(20)9-14/h2-9,11-12H,10H2,1H3. The zero-order valence-electron chi connectivity index (χ0n) is 12.7. The molecule has 114 valence electrons. The molecule has 2 aromatic heterocycles. The lowest BCUT2D eigenvalue weighted by Gasteiger charge is -1.99. The maximum absolute atomic E-state index is 6.05. The van der Waals surface area contributed by atoms with Gasteiger partial charge in [0.1, 0.15) is 0 Å². The molecule has 0 atom stereocenters. The number of benzene rings is 2. The number of halogens is 1. The van der Waals surface area contributed by atoms with Gasteiger partial charge in [-0.3, -0.25) is 4.40 Å². The molecular weight excluding hydrogens is 324 g/mol. The van der Waals surface area contributed by atoms with Crippen molar-refractivity contribution in [3.8, 4) is 11.3 Å². The maximum atomic E-state index is 6.05. The van der Waals surface area contributed by atoms with E-state index in [2.05, 4.69) is 54.0 Å². The molecule has 0 N–H and O–H groups in total. The van der Waals surface area contributed by atoms with Crippen molar-refractivity contribution in [1.29, 1.82) is 0 Å². The van der Waals surface area contributed by atoms with E-state index in [0.29, 0.717) is 0 Å². The van der Waals surface area contributed by atoms with E-state index < -0.39 is 0 Å². The van der Waals surface area contributed by atoms with E-state index >= 15 is 0 Å². The molecule has 2 heterocycles. The molecule has 0 fully saturated rings. The first kappa shape index (κ1) is 14.5. The quantitative estimate of drug-likeness (QED) is 0.474. The Morgan fingerprint density at radius 1 is 1.09 bits per heavy atom. The minimum Gasteiger partial charge on any atom is -0.297 e. The molecule has 23 heavy (non-hydrogen) atoms. The van der Waals surface area contributed by atoms with Crippen molar-refractivity contribution in [3.05, 3.63) is 82.0 Å². The summed E-state index contributed by atoms with van der Waals surface area (Å²) in [5.41, 5.74) is 4.66. The van der Waals surface area contributed by atoms with Crippen LogP contribution in [0.3, 0.4) is 0 Å². The number of hydrogen-bond acceptors (Lipinski definition) is 2. The molecule has 2 nitrogen and oxygen atoms in total. The summed E-state index contributed by atoms with van der Waals surface area (Å²) in [7, 11) is 0. The summed E-state index contributed by atoms with van der Waals surface area (Å²) in [4.78, 5) is 7.06. The molecule has 2 aromatic carbocycles. The third-order valence-corrected chi connectivity index (χ3v) is 5.05. The lowest BCUT2D eigenvalue weighted by Crippen LogP contribution is -1.84. The summed E-state index contributed by atoms with van der Waals surface area (Å²) in [6.45, 7) is 2.09. The van der Waals surface area contributed by atoms with E-state index in [9.17, 15) is 0 Å². The first-order valence-corrected chi connectivity index (χ1v) is 8.66. The molecule has 0 radical (unpaired) electrons. The molecule has 0 aliphatic rings. The number of thiazole rings is 1. The minimum absolute atomic E-state index is 0.783. The highest BCUT2D eigenvalue weighted by molar-refractivity contribution is 7.17. The number of imidazole rings is 1. The zero-order valence-corrected chi connectivity index (χ0v) is 14.2. The van der Waals surface area contributed by atoms with Crippen LogP contribution in [0.15, 0.2) is 60.9 Å². The fourth-order valence-electron chi connectivity index (χ4n) is 2.64. The first-order chi connectivity index (χ1) is 11.2. The predicted molar refractivity (Wildman–Crippen MR) is 97.5 cm³/mol. The molecule has 0 unspecified atom stereocenters. The molecule has 4 heteroatoms. The Kier molecular flexibility index (Phi) is 3.68. The van der Waals surface area contributed by atoms with E-state index in [-0.39, 0.29) is 0 Å². The molecule has 0 aliphatic heterocycles. The highest BCUT2D eigenvalue weighted by atomic mass is 35.5. The summed E-state index contributed by atoms with van der Waals surface area (Å²) in [6, 6.07) is 16.5. The Bertz CT molecular complexity index is 935. The Balaban J connectivity index is 1.62. The Morgan fingerprint density at radius 3 is 2.65 bits per heavy atom. The van der Waals surface area contributed by atoms with Gasteiger partial charge in [-0.1, -0.05) is 53.6 Å². The average molecular weight is 339 g/mol. The molecule has 0 spiro atoms. The molecular formula is C19H15ClN2S. The van der Waals surface area contributed by atoms with Gasteiger partial charge in [-0.2, -0.15) is 0 Å². The Morgan fingerprint density at radius 2 is 1.91 bits per heavy atom. The summed E-state index contributed by atoms with van der Waals surface area (Å²) in [6.07, 6.45) is 5.14. The van der Waals surface area contributed by atoms with Gasteiger partial charge < -0.3 is 0 Å². The third-order valence-electron chi connectivity index (χ3n) is 3.82. The molecule has 4 rings (SSSR count). The molecule has 0 aliphatic carbocycles. The van der Waals surface area contributed by atoms with Crippen molar-refractivity contribution >= 4 is 27.9 Å². The van der Waals surface area contributed by atoms with Gasteiger partial charge >= 0.3 is 0 Å². The van der Waals surface area contributed by atoms with E-state index in [0.717, 1.165) is 27.7 Å². The first-order valence-electron chi connectivity index (χ1n) is 7.46. The van der Waals surface area contributed by atoms with E-state index in [1.807, 2.05) is 18.2 Å². The van der Waals surface area contributed by atoms with E-state index in [1.165, 1.54) is 16.0 Å². The lowest BCUT2D eigenvalue weighted by molar-refractivity contribution is 1.16. The van der Waals surface area contributed by atoms with Crippen LogP contribution in [-0.4, -0.2) is 9.38 Å². The van der Waals surface area contributed by atoms with Crippen LogP contribution in [-0.2, 0) is 6.42 Å². The van der Waals surface area contributed by atoms with Crippen LogP contribution in [0.25, 0.3) is 16.2 Å². The van der Waals surface area contributed by atoms with Crippen LogP contribution in [0.1, 0.15) is 16.0 Å². The van der Waals surface area contributed by atoms with Crippen LogP contribution in [0.5, 0.6) is 0 Å². The largest absolute Gasteiger partial charge is 0.297 e. The van der Waals surface area contributed by atoms with Crippen molar-refractivity contribution in [3.63, 3.8) is 0 Å². The summed E-state index contributed by atoms with van der Waals surface area (Å²) < 4.78 is 2.11. The van der Waals surface area contributed by atoms with Gasteiger partial charge in [0, 0.05) is 34.3 Å². The highest BCUT2D eigenvalue weighted by Gasteiger charge is 2.09. The maximum Gasteiger partial charge on any atom is 0.194 e. The summed E-state index contributed by atoms with van der Waals surface area (Å²) in [5, 5.41) is 0.783. The van der Waals surface area contributed by atoms with Crippen LogP contribution < -0.4 is 0 Å². The fourth-order valence-corrected chi connectivity index (χ4v) is 3.84. The molecule has 0 saturated carbocycles. The fraction of sp³-hybridized carbons (Fsp3) is 0.105. The van der Waals surface area contributed by atoms with Crippen molar-refractivity contribution in [2.75, 3.05) is 0 Å². The number of rotatable bonds is 3. The average Bonchev–Trinajstić information content (AvgIpc) is 3.06. The smallest absolute Gasteiger partial charge is 0.194 e. The third kappa shape index (κ3) is 3.03. The lowest BCUT2D eigenvalue weighted by atomic mass is 10.1. The number of aromatic nitrogens is 2. The number of hydrogen-bond donors (Lipinski definition) is 0. The zero-order chi connectivity index (χ0) is 15.8. The monoisotopic (exact) mass is 338 g/mol. The van der Waals surface area contributed by atoms with Crippen LogP contribution in [0.4, 0.5) is 0 Å². The van der Waals surface area contributed by atoms with Crippen molar-refractivity contribution in [2.24, 2.45) is 0 Å². The second kappa shape index (κ2) is 5.84. The molecule has 4 aromatic rings. The van der Waals surface area contributed by atoms with Crippen molar-refractivity contribution in [2.45, 2.75) is 13.3 Å². The van der Waals surface area contributed by atoms with Crippen LogP contribution in [0.2, 0.25) is 5.02 Å². The Hall–Kier alpha value is -2.10. The molecule has 0 bridgehead atoms. The SMILES string of the molecule is Cc1ccc(-c2cn3cc(Cc4cccc(Cl)c4)sc3n2)cc1. The number of aryl methyl sites for hydroxylation is 1. The summed E-state index contributed by atoms with van der Waals surface area (Å²) >= 11 is 7.78. The topological polar surface area (TPSA) is 17.3 Å². The van der Waals surface area contributed by atoms with Gasteiger partial charge in [0.2, 0.25) is 0 Å².